The van der Waals surface area contributed by atoms with Crippen LogP contribution in [0.3, 0.4) is 0 Å². The van der Waals surface area contributed by atoms with Gasteiger partial charge in [0.05, 0.1) is 11.2 Å². The summed E-state index contributed by atoms with van der Waals surface area (Å²) in [6, 6.07) is 10.8. The van der Waals surface area contributed by atoms with Crippen molar-refractivity contribution >= 4 is 38.0 Å². The molecule has 3 aromatic rings. The number of thiophene rings is 1. The van der Waals surface area contributed by atoms with Gasteiger partial charge in [0.2, 0.25) is 0 Å². The first-order valence-corrected chi connectivity index (χ1v) is 8.34. The summed E-state index contributed by atoms with van der Waals surface area (Å²) in [5.74, 6) is 0. The smallest absolute Gasteiger partial charge is 0.271 e. The molecule has 3 rings (SSSR count). The van der Waals surface area contributed by atoms with Gasteiger partial charge in [0.1, 0.15) is 4.21 Å². The molecule has 0 radical (unpaired) electrons. The molecule has 2 aromatic heterocycles. The molecule has 2 heterocycles. The molecule has 1 N–H and O–H groups in total. The van der Waals surface area contributed by atoms with Crippen LogP contribution in [0.5, 0.6) is 0 Å². The van der Waals surface area contributed by atoms with Crippen molar-refractivity contribution in [3.05, 3.63) is 53.5 Å². The van der Waals surface area contributed by atoms with Gasteiger partial charge in [-0.1, -0.05) is 12.1 Å². The lowest BCUT2D eigenvalue weighted by Gasteiger charge is -2.10. The lowest BCUT2D eigenvalue weighted by molar-refractivity contribution is 0.603. The molecule has 0 aliphatic heterocycles. The molecule has 0 fully saturated rings. The molecule has 0 atom stereocenters. The van der Waals surface area contributed by atoms with Crippen molar-refractivity contribution in [1.82, 2.24) is 4.98 Å². The number of hydrogen-bond donors (Lipinski definition) is 1. The normalized spacial score (nSPS) is 11.7. The van der Waals surface area contributed by atoms with Crippen molar-refractivity contribution in [3.63, 3.8) is 0 Å². The number of fused-ring (bicyclic) bond motifs is 1. The average Bonchev–Trinajstić information content (AvgIpc) is 2.92. The minimum atomic E-state index is -3.55. The van der Waals surface area contributed by atoms with Gasteiger partial charge in [0, 0.05) is 11.6 Å². The van der Waals surface area contributed by atoms with Crippen molar-refractivity contribution in [3.8, 4) is 0 Å². The molecule has 0 spiro atoms. The maximum atomic E-state index is 12.3. The third-order valence-electron chi connectivity index (χ3n) is 2.85. The van der Waals surface area contributed by atoms with E-state index in [0.29, 0.717) is 15.4 Å². The first kappa shape index (κ1) is 13.1. The van der Waals surface area contributed by atoms with E-state index >= 15 is 0 Å². The Morgan fingerprint density at radius 2 is 2.05 bits per heavy atom. The predicted octanol–water partition coefficient (Wildman–Crippen LogP) is 3.41. The van der Waals surface area contributed by atoms with Gasteiger partial charge in [-0.3, -0.25) is 9.71 Å². The van der Waals surface area contributed by atoms with Crippen LogP contribution in [0.4, 0.5) is 5.69 Å². The zero-order valence-corrected chi connectivity index (χ0v) is 12.3. The van der Waals surface area contributed by atoms with Gasteiger partial charge in [0.25, 0.3) is 10.0 Å². The van der Waals surface area contributed by atoms with Crippen LogP contribution in [0.2, 0.25) is 0 Å². The molecule has 0 aliphatic carbocycles. The van der Waals surface area contributed by atoms with Gasteiger partial charge in [-0.05, 0) is 42.1 Å². The van der Waals surface area contributed by atoms with E-state index in [2.05, 4.69) is 9.71 Å². The standard InChI is InChI=1S/C14H12N2O2S2/c1-10-8-11-4-2-6-15-14(11)12(9-10)16-20(17,18)13-5-3-7-19-13/h2-9,16H,1H3. The number of aromatic nitrogens is 1. The summed E-state index contributed by atoms with van der Waals surface area (Å²) in [7, 11) is -3.55. The molecule has 0 saturated heterocycles. The average molecular weight is 304 g/mol. The van der Waals surface area contributed by atoms with Crippen LogP contribution in [0.1, 0.15) is 5.56 Å². The zero-order chi connectivity index (χ0) is 14.2. The van der Waals surface area contributed by atoms with Gasteiger partial charge in [-0.2, -0.15) is 0 Å². The molecular weight excluding hydrogens is 292 g/mol. The second kappa shape index (κ2) is 4.88. The molecule has 4 nitrogen and oxygen atoms in total. The monoisotopic (exact) mass is 304 g/mol. The highest BCUT2D eigenvalue weighted by atomic mass is 32.2. The van der Waals surface area contributed by atoms with E-state index < -0.39 is 10.0 Å². The Morgan fingerprint density at radius 1 is 1.20 bits per heavy atom. The minimum Gasteiger partial charge on any atom is -0.277 e. The number of hydrogen-bond acceptors (Lipinski definition) is 4. The van der Waals surface area contributed by atoms with E-state index in [9.17, 15) is 8.42 Å². The Labute approximate surface area is 121 Å². The van der Waals surface area contributed by atoms with Crippen LogP contribution >= 0.6 is 11.3 Å². The highest BCUT2D eigenvalue weighted by molar-refractivity contribution is 7.94. The number of anilines is 1. The topological polar surface area (TPSA) is 59.1 Å². The van der Waals surface area contributed by atoms with E-state index in [1.807, 2.05) is 25.1 Å². The first-order chi connectivity index (χ1) is 9.56. The summed E-state index contributed by atoms with van der Waals surface area (Å²) >= 11 is 1.19. The number of nitrogens with one attached hydrogen (secondary N) is 1. The lowest BCUT2D eigenvalue weighted by Crippen LogP contribution is -2.12. The molecule has 0 amide bonds. The van der Waals surface area contributed by atoms with Crippen LogP contribution in [0.25, 0.3) is 10.9 Å². The molecule has 20 heavy (non-hydrogen) atoms. The summed E-state index contributed by atoms with van der Waals surface area (Å²) in [6.07, 6.45) is 1.65. The fourth-order valence-electron chi connectivity index (χ4n) is 2.03. The lowest BCUT2D eigenvalue weighted by atomic mass is 10.1. The third kappa shape index (κ3) is 2.39. The van der Waals surface area contributed by atoms with Gasteiger partial charge in [-0.25, -0.2) is 8.42 Å². The number of sulfonamides is 1. The molecule has 0 aliphatic rings. The van der Waals surface area contributed by atoms with Crippen molar-refractivity contribution in [2.24, 2.45) is 0 Å². The van der Waals surface area contributed by atoms with E-state index in [4.69, 9.17) is 0 Å². The molecule has 0 saturated carbocycles. The Bertz CT molecular complexity index is 856. The summed E-state index contributed by atoms with van der Waals surface area (Å²) in [4.78, 5) is 4.26. The Balaban J connectivity index is 2.12. The van der Waals surface area contributed by atoms with Crippen LogP contribution in [-0.2, 0) is 10.0 Å². The Hall–Kier alpha value is -1.92. The molecule has 6 heteroatoms. The Kier molecular flexibility index (Phi) is 3.19. The van der Waals surface area contributed by atoms with Crippen LogP contribution < -0.4 is 4.72 Å². The Morgan fingerprint density at radius 3 is 2.80 bits per heavy atom. The third-order valence-corrected chi connectivity index (χ3v) is 5.62. The summed E-state index contributed by atoms with van der Waals surface area (Å²) < 4.78 is 27.5. The van der Waals surface area contributed by atoms with Crippen molar-refractivity contribution in [2.75, 3.05) is 4.72 Å². The van der Waals surface area contributed by atoms with Crippen molar-refractivity contribution in [2.45, 2.75) is 11.1 Å². The van der Waals surface area contributed by atoms with Crippen LogP contribution in [-0.4, -0.2) is 13.4 Å². The van der Waals surface area contributed by atoms with Crippen LogP contribution in [0.15, 0.2) is 52.2 Å². The molecule has 1 aromatic carbocycles. The number of rotatable bonds is 3. The van der Waals surface area contributed by atoms with Crippen molar-refractivity contribution < 1.29 is 8.42 Å². The second-order valence-corrected chi connectivity index (χ2v) is 7.28. The number of benzene rings is 1. The molecule has 102 valence electrons. The van der Waals surface area contributed by atoms with E-state index in [0.717, 1.165) is 10.9 Å². The maximum absolute atomic E-state index is 12.3. The van der Waals surface area contributed by atoms with Gasteiger partial charge in [-0.15, -0.1) is 11.3 Å². The molecular formula is C14H12N2O2S2. The predicted molar refractivity (Wildman–Crippen MR) is 81.6 cm³/mol. The van der Waals surface area contributed by atoms with Gasteiger partial charge in [0.15, 0.2) is 0 Å². The van der Waals surface area contributed by atoms with Crippen LogP contribution in [0, 0.1) is 6.92 Å². The summed E-state index contributed by atoms with van der Waals surface area (Å²) in [5, 5.41) is 2.65. The number of nitrogens with zero attached hydrogens (tertiary/aromatic N) is 1. The second-order valence-electron chi connectivity index (χ2n) is 4.43. The molecule has 0 bridgehead atoms. The SMILES string of the molecule is Cc1cc(NS(=O)(=O)c2cccs2)c2ncccc2c1. The highest BCUT2D eigenvalue weighted by Gasteiger charge is 2.17. The fraction of sp³-hybridized carbons (Fsp3) is 0.0714. The first-order valence-electron chi connectivity index (χ1n) is 5.98. The van der Waals surface area contributed by atoms with Gasteiger partial charge >= 0.3 is 0 Å². The fourth-order valence-corrected chi connectivity index (χ4v) is 4.08. The summed E-state index contributed by atoms with van der Waals surface area (Å²) in [6.45, 7) is 1.93. The zero-order valence-electron chi connectivity index (χ0n) is 10.7. The quantitative estimate of drug-likeness (QED) is 0.806. The van der Waals surface area contributed by atoms with Gasteiger partial charge < -0.3 is 0 Å². The minimum absolute atomic E-state index is 0.295. The summed E-state index contributed by atoms with van der Waals surface area (Å²) in [5.41, 5.74) is 2.14. The largest absolute Gasteiger partial charge is 0.277 e. The van der Waals surface area contributed by atoms with E-state index in [-0.39, 0.29) is 0 Å². The number of aryl methyl sites for hydroxylation is 1. The highest BCUT2D eigenvalue weighted by Crippen LogP contribution is 2.26. The van der Waals surface area contributed by atoms with E-state index in [1.54, 1.807) is 29.8 Å². The maximum Gasteiger partial charge on any atom is 0.271 e. The van der Waals surface area contributed by atoms with E-state index in [1.165, 1.54) is 11.3 Å². The molecule has 0 unspecified atom stereocenters. The number of pyridine rings is 1. The van der Waals surface area contributed by atoms with Crippen molar-refractivity contribution in [1.29, 1.82) is 0 Å².